The van der Waals surface area contributed by atoms with E-state index in [2.05, 4.69) is 5.32 Å². The van der Waals surface area contributed by atoms with E-state index in [0.29, 0.717) is 25.0 Å². The van der Waals surface area contributed by atoms with Crippen LogP contribution < -0.4 is 5.32 Å². The average Bonchev–Trinajstić information content (AvgIpc) is 2.38. The molecule has 2 atom stereocenters. The summed E-state index contributed by atoms with van der Waals surface area (Å²) in [4.78, 5) is 10.6. The Labute approximate surface area is 77.0 Å². The van der Waals surface area contributed by atoms with Crippen molar-refractivity contribution in [2.24, 2.45) is 11.8 Å². The third kappa shape index (κ3) is 1.81. The van der Waals surface area contributed by atoms with Crippen LogP contribution in [0.3, 0.4) is 0 Å². The Kier molecular flexibility index (Phi) is 3.17. The fraction of sp³-hybridized carbons (Fsp3) is 0.857. The van der Waals surface area contributed by atoms with Gasteiger partial charge in [-0.25, -0.2) is 4.79 Å². The Morgan fingerprint density at radius 3 is 2.17 bits per heavy atom. The molecule has 0 radical (unpaired) electrons. The molecule has 0 unspecified atom stereocenters. The number of hydrogen-bond acceptors (Lipinski definition) is 4. The highest BCUT2D eigenvalue weighted by Gasteiger charge is 2.32. The number of rotatable bonds is 0. The van der Waals surface area contributed by atoms with Gasteiger partial charge < -0.3 is 14.8 Å². The van der Waals surface area contributed by atoms with E-state index in [0.717, 1.165) is 13.1 Å². The number of halogens is 1. The zero-order chi connectivity index (χ0) is 7.68. The minimum atomic E-state index is -0.514. The molecule has 2 heterocycles. The first-order valence-electron chi connectivity index (χ1n) is 3.86. The molecule has 0 aromatic carbocycles. The van der Waals surface area contributed by atoms with Crippen LogP contribution >= 0.6 is 12.4 Å². The summed E-state index contributed by atoms with van der Waals surface area (Å²) in [6.07, 6.45) is -0.514. The lowest BCUT2D eigenvalue weighted by molar-refractivity contribution is 0.0673. The molecule has 0 bridgehead atoms. The summed E-state index contributed by atoms with van der Waals surface area (Å²) in [5.41, 5.74) is 0. The van der Waals surface area contributed by atoms with Gasteiger partial charge in [-0.2, -0.15) is 0 Å². The molecule has 2 aliphatic rings. The first-order chi connectivity index (χ1) is 5.36. The second-order valence-corrected chi connectivity index (χ2v) is 3.05. The summed E-state index contributed by atoms with van der Waals surface area (Å²) in [6.45, 7) is 2.91. The van der Waals surface area contributed by atoms with Crippen molar-refractivity contribution in [2.75, 3.05) is 26.3 Å². The largest absolute Gasteiger partial charge is 0.508 e. The fourth-order valence-electron chi connectivity index (χ4n) is 1.57. The first-order valence-corrected chi connectivity index (χ1v) is 3.86. The second-order valence-electron chi connectivity index (χ2n) is 3.05. The van der Waals surface area contributed by atoms with Crippen molar-refractivity contribution in [1.82, 2.24) is 5.32 Å². The Balaban J connectivity index is 0.000000720. The topological polar surface area (TPSA) is 47.6 Å². The summed E-state index contributed by atoms with van der Waals surface area (Å²) in [7, 11) is 0. The number of cyclic esters (lactones) is 2. The molecule has 2 fully saturated rings. The highest BCUT2D eigenvalue weighted by Crippen LogP contribution is 2.20. The van der Waals surface area contributed by atoms with Crippen LogP contribution in [0, 0.1) is 11.8 Å². The number of carbonyl (C=O) groups is 1. The molecule has 2 aliphatic heterocycles. The van der Waals surface area contributed by atoms with Crippen molar-refractivity contribution in [3.8, 4) is 0 Å². The van der Waals surface area contributed by atoms with Crippen molar-refractivity contribution in [1.29, 1.82) is 0 Å². The van der Waals surface area contributed by atoms with Crippen LogP contribution in [-0.4, -0.2) is 32.5 Å². The van der Waals surface area contributed by atoms with Gasteiger partial charge >= 0.3 is 6.16 Å². The van der Waals surface area contributed by atoms with E-state index in [4.69, 9.17) is 9.47 Å². The van der Waals surface area contributed by atoms with Crippen LogP contribution in [0.4, 0.5) is 4.79 Å². The van der Waals surface area contributed by atoms with Crippen LogP contribution in [-0.2, 0) is 9.47 Å². The smallest absolute Gasteiger partial charge is 0.434 e. The zero-order valence-corrected chi connectivity index (χ0v) is 7.43. The van der Waals surface area contributed by atoms with Gasteiger partial charge in [0, 0.05) is 24.9 Å². The molecule has 0 amide bonds. The standard InChI is InChI=1S/C7H11NO3.ClH/c9-7-10-3-5-1-8-2-6(5)4-11-7;/h5-6,8H,1-4H2;1H/t5-,6+;. The van der Waals surface area contributed by atoms with Crippen LogP contribution in [0.1, 0.15) is 0 Å². The predicted molar refractivity (Wildman–Crippen MR) is 44.4 cm³/mol. The molecule has 4 nitrogen and oxygen atoms in total. The molecular weight excluding hydrogens is 182 g/mol. The van der Waals surface area contributed by atoms with Crippen molar-refractivity contribution in [3.05, 3.63) is 0 Å². The van der Waals surface area contributed by atoms with E-state index >= 15 is 0 Å². The van der Waals surface area contributed by atoms with Crippen molar-refractivity contribution < 1.29 is 14.3 Å². The molecule has 2 rings (SSSR count). The number of hydrogen-bond donors (Lipinski definition) is 1. The summed E-state index contributed by atoms with van der Waals surface area (Å²) in [5, 5.41) is 3.24. The molecule has 0 spiro atoms. The molecule has 0 saturated carbocycles. The highest BCUT2D eigenvalue weighted by molar-refractivity contribution is 5.85. The van der Waals surface area contributed by atoms with Gasteiger partial charge in [0.1, 0.15) is 0 Å². The third-order valence-electron chi connectivity index (χ3n) is 2.31. The van der Waals surface area contributed by atoms with Crippen LogP contribution in [0.5, 0.6) is 0 Å². The lowest BCUT2D eigenvalue weighted by Gasteiger charge is -2.09. The first kappa shape index (κ1) is 9.61. The Bertz CT molecular complexity index is 160. The number of carbonyl (C=O) groups excluding carboxylic acids is 1. The number of fused-ring (bicyclic) bond motifs is 1. The lowest BCUT2D eigenvalue weighted by atomic mass is 9.98. The maximum absolute atomic E-state index is 10.6. The summed E-state index contributed by atoms with van der Waals surface area (Å²) >= 11 is 0. The van der Waals surface area contributed by atoms with E-state index in [1.54, 1.807) is 0 Å². The second kappa shape index (κ2) is 3.96. The maximum atomic E-state index is 10.6. The van der Waals surface area contributed by atoms with E-state index in [1.807, 2.05) is 0 Å². The van der Waals surface area contributed by atoms with Gasteiger partial charge in [-0.15, -0.1) is 12.4 Å². The molecule has 12 heavy (non-hydrogen) atoms. The summed E-state index contributed by atoms with van der Waals surface area (Å²) < 4.78 is 9.63. The quantitative estimate of drug-likeness (QED) is 0.567. The number of ether oxygens (including phenoxy) is 2. The molecular formula is C7H12ClNO3. The zero-order valence-electron chi connectivity index (χ0n) is 6.62. The Hall–Kier alpha value is -0.480. The van der Waals surface area contributed by atoms with Crippen molar-refractivity contribution in [3.63, 3.8) is 0 Å². The predicted octanol–water partition coefficient (Wildman–Crippen LogP) is 0.411. The van der Waals surface area contributed by atoms with Gasteiger partial charge in [0.15, 0.2) is 0 Å². The van der Waals surface area contributed by atoms with E-state index < -0.39 is 6.16 Å². The SMILES string of the molecule is Cl.O=C1OC[C@H]2CNC[C@H]2CO1. The monoisotopic (exact) mass is 193 g/mol. The van der Waals surface area contributed by atoms with E-state index in [-0.39, 0.29) is 12.4 Å². The normalized spacial score (nSPS) is 33.8. The van der Waals surface area contributed by atoms with Crippen LogP contribution in [0.2, 0.25) is 0 Å². The van der Waals surface area contributed by atoms with Gasteiger partial charge in [0.2, 0.25) is 0 Å². The fourth-order valence-corrected chi connectivity index (χ4v) is 1.57. The molecule has 2 saturated heterocycles. The molecule has 5 heteroatoms. The Morgan fingerprint density at radius 1 is 1.17 bits per heavy atom. The average molecular weight is 194 g/mol. The third-order valence-corrected chi connectivity index (χ3v) is 2.31. The Morgan fingerprint density at radius 2 is 1.67 bits per heavy atom. The van der Waals surface area contributed by atoms with E-state index in [9.17, 15) is 4.79 Å². The minimum Gasteiger partial charge on any atom is -0.434 e. The minimum absolute atomic E-state index is 0. The molecule has 0 aliphatic carbocycles. The molecule has 0 aromatic heterocycles. The molecule has 70 valence electrons. The maximum Gasteiger partial charge on any atom is 0.508 e. The van der Waals surface area contributed by atoms with Crippen molar-refractivity contribution in [2.45, 2.75) is 0 Å². The lowest BCUT2D eigenvalue weighted by Crippen LogP contribution is -2.17. The van der Waals surface area contributed by atoms with Gasteiger partial charge in [-0.05, 0) is 0 Å². The number of nitrogens with one attached hydrogen (secondary N) is 1. The van der Waals surface area contributed by atoms with Gasteiger partial charge in [0.25, 0.3) is 0 Å². The summed E-state index contributed by atoms with van der Waals surface area (Å²) in [5.74, 6) is 0.919. The summed E-state index contributed by atoms with van der Waals surface area (Å²) in [6, 6.07) is 0. The van der Waals surface area contributed by atoms with Gasteiger partial charge in [0.05, 0.1) is 13.2 Å². The van der Waals surface area contributed by atoms with Gasteiger partial charge in [-0.3, -0.25) is 0 Å². The van der Waals surface area contributed by atoms with E-state index in [1.165, 1.54) is 0 Å². The highest BCUT2D eigenvalue weighted by atomic mass is 35.5. The molecule has 1 N–H and O–H groups in total. The van der Waals surface area contributed by atoms with Crippen LogP contribution in [0.15, 0.2) is 0 Å². The van der Waals surface area contributed by atoms with Crippen LogP contribution in [0.25, 0.3) is 0 Å². The van der Waals surface area contributed by atoms with Gasteiger partial charge in [-0.1, -0.05) is 0 Å². The van der Waals surface area contributed by atoms with Crippen molar-refractivity contribution >= 4 is 18.6 Å². The molecule has 0 aromatic rings.